The van der Waals surface area contributed by atoms with Crippen molar-refractivity contribution in [2.75, 3.05) is 6.54 Å². The first kappa shape index (κ1) is 16.0. The van der Waals surface area contributed by atoms with Gasteiger partial charge in [-0.1, -0.05) is 20.3 Å². The van der Waals surface area contributed by atoms with Gasteiger partial charge in [-0.3, -0.25) is 0 Å². The summed E-state index contributed by atoms with van der Waals surface area (Å²) < 4.78 is 40.7. The van der Waals surface area contributed by atoms with Gasteiger partial charge in [0.25, 0.3) is 0 Å². The zero-order chi connectivity index (χ0) is 15.4. The van der Waals surface area contributed by atoms with Gasteiger partial charge in [-0.2, -0.15) is 0 Å². The second kappa shape index (κ2) is 7.04. The molecule has 1 N–H and O–H groups in total. The molecule has 6 heteroatoms. The van der Waals surface area contributed by atoms with E-state index in [0.29, 0.717) is 18.7 Å². The fraction of sp³-hybridized carbons (Fsp3) is 0.400. The van der Waals surface area contributed by atoms with E-state index in [9.17, 15) is 13.2 Å². The van der Waals surface area contributed by atoms with Crippen molar-refractivity contribution >= 4 is 11.3 Å². The highest BCUT2D eigenvalue weighted by atomic mass is 32.1. The van der Waals surface area contributed by atoms with Crippen LogP contribution in [0.25, 0.3) is 10.6 Å². The number of benzene rings is 1. The minimum Gasteiger partial charge on any atom is -0.312 e. The standard InChI is InChI=1S/C15H17F3N2S/c1-3-5-12-13(8-19-4-2)21-15(20-12)14-10(17)6-9(16)7-11(14)18/h6-7,19H,3-5,8H2,1-2H3. The first-order valence-corrected chi connectivity index (χ1v) is 7.72. The van der Waals surface area contributed by atoms with Crippen LogP contribution in [0.15, 0.2) is 12.1 Å². The maximum Gasteiger partial charge on any atom is 0.139 e. The van der Waals surface area contributed by atoms with Crippen molar-refractivity contribution in [3.8, 4) is 10.6 Å². The summed E-state index contributed by atoms with van der Waals surface area (Å²) in [7, 11) is 0. The maximum atomic E-state index is 13.8. The van der Waals surface area contributed by atoms with Crippen LogP contribution in [0.2, 0.25) is 0 Å². The van der Waals surface area contributed by atoms with E-state index < -0.39 is 17.5 Å². The van der Waals surface area contributed by atoms with Crippen LogP contribution in [0.3, 0.4) is 0 Å². The van der Waals surface area contributed by atoms with Gasteiger partial charge in [0.15, 0.2) is 0 Å². The van der Waals surface area contributed by atoms with Gasteiger partial charge >= 0.3 is 0 Å². The van der Waals surface area contributed by atoms with Gasteiger partial charge in [-0.15, -0.1) is 11.3 Å². The Morgan fingerprint density at radius 1 is 1.14 bits per heavy atom. The van der Waals surface area contributed by atoms with E-state index in [0.717, 1.165) is 30.0 Å². The van der Waals surface area contributed by atoms with Gasteiger partial charge in [0, 0.05) is 23.6 Å². The second-order valence-corrected chi connectivity index (χ2v) is 5.75. The molecule has 2 nitrogen and oxygen atoms in total. The van der Waals surface area contributed by atoms with Crippen LogP contribution < -0.4 is 5.32 Å². The third kappa shape index (κ3) is 3.63. The van der Waals surface area contributed by atoms with Crippen molar-refractivity contribution in [3.63, 3.8) is 0 Å². The first-order valence-electron chi connectivity index (χ1n) is 6.91. The molecule has 1 heterocycles. The molecule has 21 heavy (non-hydrogen) atoms. The van der Waals surface area contributed by atoms with Gasteiger partial charge < -0.3 is 5.32 Å². The number of nitrogens with zero attached hydrogens (tertiary/aromatic N) is 1. The lowest BCUT2D eigenvalue weighted by atomic mass is 10.2. The largest absolute Gasteiger partial charge is 0.312 e. The number of halogens is 3. The van der Waals surface area contributed by atoms with E-state index in [-0.39, 0.29) is 10.6 Å². The first-order chi connectivity index (χ1) is 10.1. The Hall–Kier alpha value is -1.40. The molecule has 0 amide bonds. The molecule has 114 valence electrons. The van der Waals surface area contributed by atoms with E-state index in [1.165, 1.54) is 11.3 Å². The molecule has 0 saturated carbocycles. The van der Waals surface area contributed by atoms with Crippen LogP contribution in [0.4, 0.5) is 13.2 Å². The molecule has 0 fully saturated rings. The van der Waals surface area contributed by atoms with Crippen molar-refractivity contribution in [1.82, 2.24) is 10.3 Å². The van der Waals surface area contributed by atoms with Crippen molar-refractivity contribution in [1.29, 1.82) is 0 Å². The molecule has 0 aliphatic heterocycles. The summed E-state index contributed by atoms with van der Waals surface area (Å²) in [6.45, 7) is 5.43. The summed E-state index contributed by atoms with van der Waals surface area (Å²) in [6, 6.07) is 1.37. The highest BCUT2D eigenvalue weighted by Crippen LogP contribution is 2.33. The molecule has 2 aromatic rings. The summed E-state index contributed by atoms with van der Waals surface area (Å²) in [4.78, 5) is 5.32. The molecule has 1 aromatic carbocycles. The summed E-state index contributed by atoms with van der Waals surface area (Å²) in [5.41, 5.74) is 0.600. The molecule has 1 aromatic heterocycles. The lowest BCUT2D eigenvalue weighted by molar-refractivity contribution is 0.548. The predicted octanol–water partition coefficient (Wildman–Crippen LogP) is 4.29. The van der Waals surface area contributed by atoms with Crippen molar-refractivity contribution < 1.29 is 13.2 Å². The van der Waals surface area contributed by atoms with Gasteiger partial charge in [0.1, 0.15) is 22.5 Å². The fourth-order valence-electron chi connectivity index (χ4n) is 2.05. The van der Waals surface area contributed by atoms with Gasteiger partial charge in [-0.05, 0) is 13.0 Å². The minimum absolute atomic E-state index is 0.249. The van der Waals surface area contributed by atoms with Crippen LogP contribution in [0.1, 0.15) is 30.8 Å². The highest BCUT2D eigenvalue weighted by molar-refractivity contribution is 7.15. The minimum atomic E-state index is -0.924. The monoisotopic (exact) mass is 314 g/mol. The van der Waals surface area contributed by atoms with Gasteiger partial charge in [-0.25, -0.2) is 18.2 Å². The second-order valence-electron chi connectivity index (χ2n) is 4.66. The zero-order valence-corrected chi connectivity index (χ0v) is 12.8. The van der Waals surface area contributed by atoms with Crippen LogP contribution >= 0.6 is 11.3 Å². The number of aromatic nitrogens is 1. The molecule has 0 radical (unpaired) electrons. The Bertz CT molecular complexity index is 602. The number of rotatable bonds is 6. The lowest BCUT2D eigenvalue weighted by Crippen LogP contribution is -2.11. The smallest absolute Gasteiger partial charge is 0.139 e. The van der Waals surface area contributed by atoms with E-state index in [1.807, 2.05) is 13.8 Å². The maximum absolute atomic E-state index is 13.8. The Kier molecular flexibility index (Phi) is 5.36. The molecule has 0 aliphatic rings. The molecule has 0 bridgehead atoms. The molecule has 0 spiro atoms. The Morgan fingerprint density at radius 2 is 1.81 bits per heavy atom. The molecule has 0 saturated heterocycles. The molecule has 0 unspecified atom stereocenters. The Labute approximate surface area is 126 Å². The summed E-state index contributed by atoms with van der Waals surface area (Å²) in [5.74, 6) is -2.76. The third-order valence-electron chi connectivity index (χ3n) is 3.02. The molecular weight excluding hydrogens is 297 g/mol. The summed E-state index contributed by atoms with van der Waals surface area (Å²) in [5, 5.41) is 3.45. The summed E-state index contributed by atoms with van der Waals surface area (Å²) in [6.07, 6.45) is 1.65. The zero-order valence-electron chi connectivity index (χ0n) is 12.0. The van der Waals surface area contributed by atoms with E-state index in [1.54, 1.807) is 0 Å². The highest BCUT2D eigenvalue weighted by Gasteiger charge is 2.19. The van der Waals surface area contributed by atoms with E-state index in [4.69, 9.17) is 0 Å². The average Bonchev–Trinajstić information content (AvgIpc) is 2.78. The van der Waals surface area contributed by atoms with Crippen LogP contribution in [0, 0.1) is 17.5 Å². The Balaban J connectivity index is 2.44. The number of nitrogens with one attached hydrogen (secondary N) is 1. The normalized spacial score (nSPS) is 11.1. The molecular formula is C15H17F3N2S. The number of aryl methyl sites for hydroxylation is 1. The van der Waals surface area contributed by atoms with Crippen molar-refractivity contribution in [2.24, 2.45) is 0 Å². The quantitative estimate of drug-likeness (QED) is 0.860. The lowest BCUT2D eigenvalue weighted by Gasteiger charge is -2.01. The average molecular weight is 314 g/mol. The fourth-order valence-corrected chi connectivity index (χ4v) is 3.17. The van der Waals surface area contributed by atoms with E-state index in [2.05, 4.69) is 10.3 Å². The Morgan fingerprint density at radius 3 is 2.38 bits per heavy atom. The number of hydrogen-bond donors (Lipinski definition) is 1. The number of thiazole rings is 1. The molecule has 0 aliphatic carbocycles. The number of hydrogen-bond acceptors (Lipinski definition) is 3. The van der Waals surface area contributed by atoms with Crippen LogP contribution in [-0.4, -0.2) is 11.5 Å². The van der Waals surface area contributed by atoms with Crippen LogP contribution in [-0.2, 0) is 13.0 Å². The SMILES string of the molecule is CCCc1nc(-c2c(F)cc(F)cc2F)sc1CNCC. The van der Waals surface area contributed by atoms with Gasteiger partial charge in [0.05, 0.1) is 11.3 Å². The van der Waals surface area contributed by atoms with Crippen molar-refractivity contribution in [2.45, 2.75) is 33.2 Å². The summed E-state index contributed by atoms with van der Waals surface area (Å²) >= 11 is 1.25. The molecule has 2 rings (SSSR count). The van der Waals surface area contributed by atoms with Crippen molar-refractivity contribution in [3.05, 3.63) is 40.2 Å². The van der Waals surface area contributed by atoms with Gasteiger partial charge in [0.2, 0.25) is 0 Å². The topological polar surface area (TPSA) is 24.9 Å². The third-order valence-corrected chi connectivity index (χ3v) is 4.14. The van der Waals surface area contributed by atoms with Crippen LogP contribution in [0.5, 0.6) is 0 Å². The predicted molar refractivity (Wildman–Crippen MR) is 78.8 cm³/mol. The molecule has 0 atom stereocenters. The van der Waals surface area contributed by atoms with E-state index >= 15 is 0 Å².